The summed E-state index contributed by atoms with van der Waals surface area (Å²) in [4.78, 5) is 11.9. The maximum Gasteiger partial charge on any atom is 0.296 e. The van der Waals surface area contributed by atoms with Gasteiger partial charge in [-0.15, -0.1) is 0 Å². The van der Waals surface area contributed by atoms with Crippen molar-refractivity contribution in [2.75, 3.05) is 6.79 Å². The zero-order chi connectivity index (χ0) is 14.1. The lowest BCUT2D eigenvalue weighted by Gasteiger charge is -2.00. The van der Waals surface area contributed by atoms with Crippen molar-refractivity contribution < 1.29 is 9.47 Å². The van der Waals surface area contributed by atoms with Gasteiger partial charge < -0.3 is 9.47 Å². The molecule has 0 bridgehead atoms. The molecule has 1 aliphatic heterocycles. The molecular formula is C12H10N4O3S. The number of ether oxygens (including phenoxy) is 2. The smallest absolute Gasteiger partial charge is 0.296 e. The Hall–Kier alpha value is -2.48. The van der Waals surface area contributed by atoms with Gasteiger partial charge in [0.05, 0.1) is 6.21 Å². The summed E-state index contributed by atoms with van der Waals surface area (Å²) in [6.45, 7) is 1.80. The molecule has 8 heteroatoms. The zero-order valence-electron chi connectivity index (χ0n) is 10.5. The second-order valence-corrected chi connectivity index (χ2v) is 4.48. The van der Waals surface area contributed by atoms with E-state index in [1.165, 1.54) is 6.21 Å². The molecule has 1 aromatic carbocycles. The topological polar surface area (TPSA) is 81.5 Å². The van der Waals surface area contributed by atoms with Gasteiger partial charge >= 0.3 is 0 Å². The molecule has 2 aromatic rings. The Morgan fingerprint density at radius 3 is 3.10 bits per heavy atom. The Bertz CT molecular complexity index is 809. The summed E-state index contributed by atoms with van der Waals surface area (Å²) in [6.07, 6.45) is 1.52. The van der Waals surface area contributed by atoms with Crippen LogP contribution in [-0.2, 0) is 0 Å². The summed E-state index contributed by atoms with van der Waals surface area (Å²) in [5.41, 5.74) is 0.706. The second-order valence-electron chi connectivity index (χ2n) is 4.09. The molecule has 3 rings (SSSR count). The Balaban J connectivity index is 1.97. The highest BCUT2D eigenvalue weighted by atomic mass is 32.1. The molecule has 0 spiro atoms. The minimum absolute atomic E-state index is 0.137. The van der Waals surface area contributed by atoms with Crippen LogP contribution < -0.4 is 15.0 Å². The Morgan fingerprint density at radius 1 is 1.45 bits per heavy atom. The SMILES string of the molecule is Cc1n[nH]c(=S)n(/N=C/c2ccc3c(c2)OCO3)c1=O. The predicted octanol–water partition coefficient (Wildman–Crippen LogP) is 1.22. The lowest BCUT2D eigenvalue weighted by atomic mass is 10.2. The molecule has 0 saturated heterocycles. The van der Waals surface area contributed by atoms with Crippen LogP contribution in [0.2, 0.25) is 0 Å². The molecule has 20 heavy (non-hydrogen) atoms. The third-order valence-electron chi connectivity index (χ3n) is 2.73. The number of nitrogens with one attached hydrogen (secondary N) is 1. The van der Waals surface area contributed by atoms with Crippen LogP contribution in [0.1, 0.15) is 11.3 Å². The first-order valence-electron chi connectivity index (χ1n) is 5.77. The van der Waals surface area contributed by atoms with Crippen LogP contribution in [0.5, 0.6) is 11.5 Å². The number of H-pyrrole nitrogens is 1. The molecule has 0 saturated carbocycles. The van der Waals surface area contributed by atoms with Gasteiger partial charge in [0, 0.05) is 0 Å². The molecule has 2 heterocycles. The van der Waals surface area contributed by atoms with Gasteiger partial charge in [-0.05, 0) is 42.9 Å². The van der Waals surface area contributed by atoms with Crippen molar-refractivity contribution in [3.8, 4) is 11.5 Å². The van der Waals surface area contributed by atoms with Gasteiger partial charge in [-0.25, -0.2) is 0 Å². The number of nitrogens with zero attached hydrogens (tertiary/aromatic N) is 3. The Morgan fingerprint density at radius 2 is 2.25 bits per heavy atom. The number of aryl methyl sites for hydroxylation is 1. The van der Waals surface area contributed by atoms with Crippen molar-refractivity contribution in [2.24, 2.45) is 5.10 Å². The second kappa shape index (κ2) is 4.89. The van der Waals surface area contributed by atoms with E-state index in [1.807, 2.05) is 6.07 Å². The van der Waals surface area contributed by atoms with Gasteiger partial charge in [-0.1, -0.05) is 0 Å². The normalized spacial score (nSPS) is 13.1. The van der Waals surface area contributed by atoms with Crippen LogP contribution in [0, 0.1) is 11.7 Å². The van der Waals surface area contributed by atoms with Crippen molar-refractivity contribution in [3.05, 3.63) is 44.6 Å². The average molecular weight is 290 g/mol. The molecule has 0 atom stereocenters. The van der Waals surface area contributed by atoms with Crippen LogP contribution >= 0.6 is 12.2 Å². The van der Waals surface area contributed by atoms with Crippen molar-refractivity contribution in [2.45, 2.75) is 6.92 Å². The summed E-state index contributed by atoms with van der Waals surface area (Å²) in [7, 11) is 0. The number of aromatic nitrogens is 3. The zero-order valence-corrected chi connectivity index (χ0v) is 11.3. The highest BCUT2D eigenvalue weighted by Crippen LogP contribution is 2.31. The van der Waals surface area contributed by atoms with E-state index < -0.39 is 0 Å². The van der Waals surface area contributed by atoms with Gasteiger partial charge in [0.15, 0.2) is 11.5 Å². The lowest BCUT2D eigenvalue weighted by Crippen LogP contribution is -2.22. The van der Waals surface area contributed by atoms with E-state index in [-0.39, 0.29) is 17.1 Å². The van der Waals surface area contributed by atoms with Gasteiger partial charge in [0.2, 0.25) is 11.6 Å². The molecule has 0 radical (unpaired) electrons. The van der Waals surface area contributed by atoms with Gasteiger partial charge in [-0.2, -0.15) is 14.9 Å². The van der Waals surface area contributed by atoms with Crippen LogP contribution in [0.15, 0.2) is 28.1 Å². The quantitative estimate of drug-likeness (QED) is 0.664. The van der Waals surface area contributed by atoms with Crippen LogP contribution in [-0.4, -0.2) is 27.9 Å². The average Bonchev–Trinajstić information content (AvgIpc) is 2.90. The predicted molar refractivity (Wildman–Crippen MR) is 74.0 cm³/mol. The molecular weight excluding hydrogens is 280 g/mol. The van der Waals surface area contributed by atoms with Gasteiger partial charge in [0.25, 0.3) is 5.56 Å². The molecule has 0 fully saturated rings. The first kappa shape index (κ1) is 12.5. The fraction of sp³-hybridized carbons (Fsp3) is 0.167. The van der Waals surface area contributed by atoms with Crippen LogP contribution in [0.3, 0.4) is 0 Å². The molecule has 0 aliphatic carbocycles. The van der Waals surface area contributed by atoms with Crippen molar-refractivity contribution in [3.63, 3.8) is 0 Å². The fourth-order valence-electron chi connectivity index (χ4n) is 1.70. The first-order valence-corrected chi connectivity index (χ1v) is 6.18. The van der Waals surface area contributed by atoms with E-state index in [4.69, 9.17) is 21.7 Å². The van der Waals surface area contributed by atoms with Crippen LogP contribution in [0.25, 0.3) is 0 Å². The molecule has 0 unspecified atom stereocenters. The maximum absolute atomic E-state index is 11.9. The largest absolute Gasteiger partial charge is 0.454 e. The number of aromatic amines is 1. The summed E-state index contributed by atoms with van der Waals surface area (Å²) >= 11 is 4.98. The van der Waals surface area contributed by atoms with Crippen molar-refractivity contribution in [1.82, 2.24) is 14.9 Å². The first-order chi connectivity index (χ1) is 9.65. The van der Waals surface area contributed by atoms with E-state index in [0.29, 0.717) is 17.2 Å². The highest BCUT2D eigenvalue weighted by molar-refractivity contribution is 7.71. The summed E-state index contributed by atoms with van der Waals surface area (Å²) in [5.74, 6) is 1.34. The number of benzene rings is 1. The number of fused-ring (bicyclic) bond motifs is 1. The minimum Gasteiger partial charge on any atom is -0.454 e. The van der Waals surface area contributed by atoms with Crippen LogP contribution in [0.4, 0.5) is 0 Å². The number of hydrogen-bond acceptors (Lipinski definition) is 6. The molecule has 1 aliphatic rings. The van der Waals surface area contributed by atoms with Crippen molar-refractivity contribution >= 4 is 18.4 Å². The Labute approximate surface area is 118 Å². The number of hydrogen-bond donors (Lipinski definition) is 1. The van der Waals surface area contributed by atoms with E-state index in [9.17, 15) is 4.79 Å². The van der Waals surface area contributed by atoms with E-state index in [0.717, 1.165) is 10.2 Å². The maximum atomic E-state index is 11.9. The van der Waals surface area contributed by atoms with E-state index >= 15 is 0 Å². The minimum atomic E-state index is -0.356. The number of rotatable bonds is 2. The summed E-state index contributed by atoms with van der Waals surface area (Å²) in [5, 5.41) is 10.4. The van der Waals surface area contributed by atoms with E-state index in [1.54, 1.807) is 19.1 Å². The fourth-order valence-corrected chi connectivity index (χ4v) is 1.87. The molecule has 102 valence electrons. The monoisotopic (exact) mass is 290 g/mol. The Kier molecular flexibility index (Phi) is 3.07. The third-order valence-corrected chi connectivity index (χ3v) is 3.00. The summed E-state index contributed by atoms with van der Waals surface area (Å²) in [6, 6.07) is 5.37. The third kappa shape index (κ3) is 2.21. The van der Waals surface area contributed by atoms with Gasteiger partial charge in [-0.3, -0.25) is 9.89 Å². The van der Waals surface area contributed by atoms with Gasteiger partial charge in [0.1, 0.15) is 5.69 Å². The lowest BCUT2D eigenvalue weighted by molar-refractivity contribution is 0.174. The standard InChI is InChI=1S/C12H10N4O3S/c1-7-11(17)16(12(20)15-14-7)13-5-8-2-3-9-10(4-8)19-6-18-9/h2-5H,6H2,1H3,(H,15,20)/b13-5+. The highest BCUT2D eigenvalue weighted by Gasteiger charge is 2.12. The molecule has 1 N–H and O–H groups in total. The summed E-state index contributed by atoms with van der Waals surface area (Å²) < 4.78 is 11.7. The molecule has 7 nitrogen and oxygen atoms in total. The van der Waals surface area contributed by atoms with E-state index in [2.05, 4.69) is 15.3 Å². The van der Waals surface area contributed by atoms with Crippen molar-refractivity contribution in [1.29, 1.82) is 0 Å². The molecule has 1 aromatic heterocycles. The molecule has 0 amide bonds.